The zero-order chi connectivity index (χ0) is 29.9. The number of hydrogen-bond donors (Lipinski definition) is 7. The first kappa shape index (κ1) is 33.3. The lowest BCUT2D eigenvalue weighted by molar-refractivity contribution is -0.146. The van der Waals surface area contributed by atoms with Gasteiger partial charge in [-0.3, -0.25) is 28.8 Å². The number of carbonyl (C=O) groups excluding carboxylic acids is 5. The fourth-order valence-corrected chi connectivity index (χ4v) is 4.10. The summed E-state index contributed by atoms with van der Waals surface area (Å²) in [6.07, 6.45) is 0.313. The Labute approximate surface area is 226 Å². The molecule has 15 nitrogen and oxygen atoms in total. The number of primary amides is 1. The van der Waals surface area contributed by atoms with Gasteiger partial charge in [0.1, 0.15) is 24.2 Å². The molecule has 0 radical (unpaired) electrons. The molecular formula is C24H40N6O9. The van der Waals surface area contributed by atoms with Crippen LogP contribution in [0.2, 0.25) is 0 Å². The Morgan fingerprint density at radius 2 is 1.59 bits per heavy atom. The van der Waals surface area contributed by atoms with Gasteiger partial charge in [-0.15, -0.1) is 0 Å². The van der Waals surface area contributed by atoms with Crippen LogP contribution < -0.4 is 27.4 Å². The van der Waals surface area contributed by atoms with E-state index in [0.29, 0.717) is 19.3 Å². The molecule has 6 atom stereocenters. The number of likely N-dealkylation sites (tertiary alicyclic amines) is 1. The van der Waals surface area contributed by atoms with Crippen LogP contribution in [0.1, 0.15) is 65.7 Å². The third kappa shape index (κ3) is 10.5. The molecule has 220 valence electrons. The second kappa shape index (κ2) is 15.6. The van der Waals surface area contributed by atoms with Crippen molar-refractivity contribution in [3.63, 3.8) is 0 Å². The van der Waals surface area contributed by atoms with Crippen molar-refractivity contribution in [2.45, 2.75) is 95.9 Å². The SMILES string of the molecule is CCC(C)[C@H](NC(=O)[C@@H]1CCCN1C(=O)[C@H](C)NC(=O)[C@H](CCC(=O)O)NC(=O)[C@@H](N)CCC(N)=O)C(=O)O. The molecule has 0 aromatic rings. The smallest absolute Gasteiger partial charge is 0.326 e. The zero-order valence-corrected chi connectivity index (χ0v) is 22.5. The lowest BCUT2D eigenvalue weighted by atomic mass is 9.98. The molecule has 1 fully saturated rings. The molecule has 1 rings (SSSR count). The Hall–Kier alpha value is -3.75. The fraction of sp³-hybridized carbons (Fsp3) is 0.708. The quantitative estimate of drug-likeness (QED) is 0.110. The molecule has 1 heterocycles. The highest BCUT2D eigenvalue weighted by Gasteiger charge is 2.39. The van der Waals surface area contributed by atoms with Gasteiger partial charge in [-0.05, 0) is 38.5 Å². The molecule has 9 N–H and O–H groups in total. The molecule has 15 heteroatoms. The van der Waals surface area contributed by atoms with Crippen molar-refractivity contribution in [2.75, 3.05) is 6.54 Å². The average molecular weight is 557 g/mol. The highest BCUT2D eigenvalue weighted by atomic mass is 16.4. The highest BCUT2D eigenvalue weighted by Crippen LogP contribution is 2.20. The van der Waals surface area contributed by atoms with E-state index in [1.807, 2.05) is 0 Å². The van der Waals surface area contributed by atoms with Crippen LogP contribution in [-0.2, 0) is 33.6 Å². The maximum atomic E-state index is 13.1. The lowest BCUT2D eigenvalue weighted by Gasteiger charge is -2.29. The summed E-state index contributed by atoms with van der Waals surface area (Å²) in [6.45, 7) is 5.08. The summed E-state index contributed by atoms with van der Waals surface area (Å²) in [7, 11) is 0. The summed E-state index contributed by atoms with van der Waals surface area (Å²) in [4.78, 5) is 86.2. The first-order valence-corrected chi connectivity index (χ1v) is 12.9. The maximum absolute atomic E-state index is 13.1. The van der Waals surface area contributed by atoms with Gasteiger partial charge in [-0.25, -0.2) is 4.79 Å². The van der Waals surface area contributed by atoms with Crippen molar-refractivity contribution >= 4 is 41.5 Å². The van der Waals surface area contributed by atoms with E-state index in [2.05, 4.69) is 16.0 Å². The minimum Gasteiger partial charge on any atom is -0.481 e. The van der Waals surface area contributed by atoms with Crippen molar-refractivity contribution < 1.29 is 43.8 Å². The molecule has 0 bridgehead atoms. The molecule has 1 unspecified atom stereocenters. The van der Waals surface area contributed by atoms with E-state index in [9.17, 15) is 38.7 Å². The Morgan fingerprint density at radius 3 is 2.13 bits per heavy atom. The van der Waals surface area contributed by atoms with Gasteiger partial charge in [0.2, 0.25) is 29.5 Å². The maximum Gasteiger partial charge on any atom is 0.326 e. The molecule has 1 aliphatic heterocycles. The number of amides is 5. The van der Waals surface area contributed by atoms with Gasteiger partial charge >= 0.3 is 11.9 Å². The molecule has 5 amide bonds. The molecule has 0 aromatic carbocycles. The number of carboxylic acids is 2. The van der Waals surface area contributed by atoms with E-state index in [4.69, 9.17) is 16.6 Å². The van der Waals surface area contributed by atoms with Crippen molar-refractivity contribution in [2.24, 2.45) is 17.4 Å². The summed E-state index contributed by atoms with van der Waals surface area (Å²) in [5.41, 5.74) is 10.8. The Morgan fingerprint density at radius 1 is 0.949 bits per heavy atom. The fourth-order valence-electron chi connectivity index (χ4n) is 4.10. The summed E-state index contributed by atoms with van der Waals surface area (Å²) < 4.78 is 0. The summed E-state index contributed by atoms with van der Waals surface area (Å²) >= 11 is 0. The number of carbonyl (C=O) groups is 7. The minimum absolute atomic E-state index is 0.0818. The van der Waals surface area contributed by atoms with Crippen LogP contribution in [0.3, 0.4) is 0 Å². The van der Waals surface area contributed by atoms with E-state index in [0.717, 1.165) is 0 Å². The lowest BCUT2D eigenvalue weighted by Crippen LogP contribution is -2.58. The molecule has 39 heavy (non-hydrogen) atoms. The first-order chi connectivity index (χ1) is 18.2. The predicted octanol–water partition coefficient (Wildman–Crippen LogP) is -1.96. The Kier molecular flexibility index (Phi) is 13.3. The van der Waals surface area contributed by atoms with Crippen LogP contribution in [0.25, 0.3) is 0 Å². The van der Waals surface area contributed by atoms with Gasteiger partial charge in [0.05, 0.1) is 6.04 Å². The van der Waals surface area contributed by atoms with Crippen LogP contribution in [-0.4, -0.2) is 93.3 Å². The number of carboxylic acid groups (broad SMARTS) is 2. The normalized spacial score (nSPS) is 18.7. The van der Waals surface area contributed by atoms with Crippen LogP contribution >= 0.6 is 0 Å². The second-order valence-electron chi connectivity index (χ2n) is 9.74. The van der Waals surface area contributed by atoms with Crippen LogP contribution in [0.4, 0.5) is 0 Å². The number of hydrogen-bond acceptors (Lipinski definition) is 8. The number of rotatable bonds is 16. The third-order valence-corrected chi connectivity index (χ3v) is 6.66. The zero-order valence-electron chi connectivity index (χ0n) is 22.5. The monoisotopic (exact) mass is 556 g/mol. The molecule has 1 saturated heterocycles. The summed E-state index contributed by atoms with van der Waals surface area (Å²) in [5, 5.41) is 25.8. The molecule has 1 aliphatic rings. The Bertz CT molecular complexity index is 943. The standard InChI is InChI=1S/C24H40N6O9/c1-4-12(2)19(24(38)39)29-22(36)16-6-5-11-30(16)23(37)13(3)27-21(35)15(8-10-18(32)33)28-20(34)14(25)7-9-17(26)31/h12-16,19H,4-11,25H2,1-3H3,(H2,26,31)(H,27,35)(H,28,34)(H,29,36)(H,32,33)(H,38,39)/t12?,13-,14-,15-,16-,19-/m0/s1. The Balaban J connectivity index is 2.90. The van der Waals surface area contributed by atoms with Gasteiger partial charge in [-0.1, -0.05) is 20.3 Å². The second-order valence-corrected chi connectivity index (χ2v) is 9.74. The van der Waals surface area contributed by atoms with E-state index < -0.39 is 78.1 Å². The van der Waals surface area contributed by atoms with E-state index in [-0.39, 0.29) is 31.7 Å². The van der Waals surface area contributed by atoms with Crippen molar-refractivity contribution in [1.82, 2.24) is 20.9 Å². The molecule has 0 saturated carbocycles. The van der Waals surface area contributed by atoms with Gasteiger partial charge in [0.15, 0.2) is 0 Å². The first-order valence-electron chi connectivity index (χ1n) is 12.9. The topological polar surface area (TPSA) is 251 Å². The predicted molar refractivity (Wildman–Crippen MR) is 137 cm³/mol. The van der Waals surface area contributed by atoms with Crippen molar-refractivity contribution in [3.05, 3.63) is 0 Å². The van der Waals surface area contributed by atoms with Gasteiger partial charge in [-0.2, -0.15) is 0 Å². The van der Waals surface area contributed by atoms with Crippen molar-refractivity contribution in [1.29, 1.82) is 0 Å². The number of nitrogens with zero attached hydrogens (tertiary/aromatic N) is 1. The van der Waals surface area contributed by atoms with E-state index in [1.54, 1.807) is 13.8 Å². The highest BCUT2D eigenvalue weighted by molar-refractivity contribution is 5.95. The van der Waals surface area contributed by atoms with E-state index >= 15 is 0 Å². The molecule has 0 aromatic heterocycles. The van der Waals surface area contributed by atoms with Crippen LogP contribution in [0.5, 0.6) is 0 Å². The number of nitrogens with one attached hydrogen (secondary N) is 3. The van der Waals surface area contributed by atoms with Gasteiger partial charge < -0.3 is 42.5 Å². The van der Waals surface area contributed by atoms with E-state index in [1.165, 1.54) is 11.8 Å². The average Bonchev–Trinajstić information content (AvgIpc) is 3.36. The molecule has 0 spiro atoms. The minimum atomic E-state index is -1.34. The largest absolute Gasteiger partial charge is 0.481 e. The number of nitrogens with two attached hydrogens (primary N) is 2. The van der Waals surface area contributed by atoms with Gasteiger partial charge in [0.25, 0.3) is 0 Å². The van der Waals surface area contributed by atoms with Crippen LogP contribution in [0, 0.1) is 5.92 Å². The van der Waals surface area contributed by atoms with Crippen LogP contribution in [0.15, 0.2) is 0 Å². The van der Waals surface area contributed by atoms with Crippen molar-refractivity contribution in [3.8, 4) is 0 Å². The molecule has 0 aliphatic carbocycles. The summed E-state index contributed by atoms with van der Waals surface area (Å²) in [6, 6.07) is -5.71. The van der Waals surface area contributed by atoms with Gasteiger partial charge in [0, 0.05) is 19.4 Å². The third-order valence-electron chi connectivity index (χ3n) is 6.66. The number of aliphatic carboxylic acids is 2. The summed E-state index contributed by atoms with van der Waals surface area (Å²) in [5.74, 6) is -6.25. The molecular weight excluding hydrogens is 516 g/mol.